The fraction of sp³-hybridized carbons (Fsp3) is 0.304. The van der Waals surface area contributed by atoms with Crippen molar-refractivity contribution in [3.05, 3.63) is 70.7 Å². The van der Waals surface area contributed by atoms with Gasteiger partial charge in [-0.2, -0.15) is 0 Å². The van der Waals surface area contributed by atoms with Crippen LogP contribution < -0.4 is 20.1 Å². The molecule has 156 valence electrons. The van der Waals surface area contributed by atoms with Crippen LogP contribution in [0.15, 0.2) is 65.1 Å². The fourth-order valence-electron chi connectivity index (χ4n) is 3.11. The number of anilines is 1. The largest absolute Gasteiger partial charge is 0.490 e. The Hall–Kier alpha value is -3.06. The molecule has 7 heteroatoms. The van der Waals surface area contributed by atoms with E-state index in [4.69, 9.17) is 14.5 Å². The van der Waals surface area contributed by atoms with E-state index in [2.05, 4.69) is 33.1 Å². The van der Waals surface area contributed by atoms with Crippen LogP contribution in [-0.4, -0.2) is 37.2 Å². The Labute approximate surface area is 181 Å². The van der Waals surface area contributed by atoms with Crippen LogP contribution in [0.4, 0.5) is 5.69 Å². The minimum atomic E-state index is 0.667. The van der Waals surface area contributed by atoms with E-state index in [1.165, 1.54) is 4.88 Å². The highest BCUT2D eigenvalue weighted by Gasteiger charge is 2.11. The molecule has 30 heavy (non-hydrogen) atoms. The van der Waals surface area contributed by atoms with Crippen molar-refractivity contribution >= 4 is 23.0 Å². The van der Waals surface area contributed by atoms with Crippen LogP contribution in [0.25, 0.3) is 0 Å². The highest BCUT2D eigenvalue weighted by Crippen LogP contribution is 2.32. The lowest BCUT2D eigenvalue weighted by Crippen LogP contribution is -2.33. The number of rotatable bonds is 7. The number of benzene rings is 1. The molecule has 0 saturated heterocycles. The molecular formula is C23H26N4O2S. The first-order chi connectivity index (χ1) is 14.9. The number of aromatic nitrogens is 1. The lowest BCUT2D eigenvalue weighted by molar-refractivity contribution is 0.297. The van der Waals surface area contributed by atoms with Gasteiger partial charge in [0.25, 0.3) is 0 Å². The monoisotopic (exact) mass is 422 g/mol. The van der Waals surface area contributed by atoms with E-state index in [0.717, 1.165) is 54.6 Å². The minimum absolute atomic E-state index is 0.667. The summed E-state index contributed by atoms with van der Waals surface area (Å²) in [5.41, 5.74) is 1.97. The van der Waals surface area contributed by atoms with Gasteiger partial charge in [0.15, 0.2) is 17.5 Å². The maximum Gasteiger partial charge on any atom is 0.195 e. The number of fused-ring (bicyclic) bond motifs is 1. The second-order valence-electron chi connectivity index (χ2n) is 6.89. The van der Waals surface area contributed by atoms with Crippen molar-refractivity contribution in [2.24, 2.45) is 4.99 Å². The SMILES string of the molecule is c1ccc(CCNC(=NCCc2cccs2)Nc2ccc3c(c2)OCCCO3)nc1. The Morgan fingerprint density at radius 3 is 2.80 bits per heavy atom. The lowest BCUT2D eigenvalue weighted by Gasteiger charge is -2.14. The summed E-state index contributed by atoms with van der Waals surface area (Å²) in [6, 6.07) is 16.1. The molecule has 0 atom stereocenters. The van der Waals surface area contributed by atoms with Crippen molar-refractivity contribution in [2.75, 3.05) is 31.6 Å². The molecule has 0 amide bonds. The normalized spacial score (nSPS) is 13.5. The van der Waals surface area contributed by atoms with Gasteiger partial charge in [-0.25, -0.2) is 0 Å². The summed E-state index contributed by atoms with van der Waals surface area (Å²) in [4.78, 5) is 10.5. The summed E-state index contributed by atoms with van der Waals surface area (Å²) in [7, 11) is 0. The topological polar surface area (TPSA) is 67.8 Å². The van der Waals surface area contributed by atoms with Crippen molar-refractivity contribution in [3.63, 3.8) is 0 Å². The number of thiophene rings is 1. The number of nitrogens with zero attached hydrogens (tertiary/aromatic N) is 2. The number of guanidine groups is 1. The minimum Gasteiger partial charge on any atom is -0.490 e. The molecule has 0 aliphatic carbocycles. The predicted octanol–water partition coefficient (Wildman–Crippen LogP) is 4.15. The molecule has 2 N–H and O–H groups in total. The van der Waals surface area contributed by atoms with Crippen LogP contribution in [0.2, 0.25) is 0 Å². The van der Waals surface area contributed by atoms with Gasteiger partial charge >= 0.3 is 0 Å². The van der Waals surface area contributed by atoms with Gasteiger partial charge in [0.2, 0.25) is 0 Å². The molecule has 2 aromatic heterocycles. The summed E-state index contributed by atoms with van der Waals surface area (Å²) in [6.07, 6.45) is 4.46. The number of ether oxygens (including phenoxy) is 2. The smallest absolute Gasteiger partial charge is 0.195 e. The van der Waals surface area contributed by atoms with Gasteiger partial charge in [-0.05, 0) is 35.7 Å². The number of aliphatic imine (C=N–C) groups is 1. The second kappa shape index (κ2) is 10.6. The maximum absolute atomic E-state index is 5.81. The molecule has 0 spiro atoms. The number of hydrogen-bond donors (Lipinski definition) is 2. The molecule has 0 unspecified atom stereocenters. The molecular weight excluding hydrogens is 396 g/mol. The van der Waals surface area contributed by atoms with E-state index >= 15 is 0 Å². The maximum atomic E-state index is 5.81. The fourth-order valence-corrected chi connectivity index (χ4v) is 3.80. The van der Waals surface area contributed by atoms with Crippen molar-refractivity contribution in [2.45, 2.75) is 19.3 Å². The number of nitrogens with one attached hydrogen (secondary N) is 2. The summed E-state index contributed by atoms with van der Waals surface area (Å²) in [5, 5.41) is 8.92. The standard InChI is InChI=1S/C23H26N4O2S/c1-2-11-24-18(5-1)9-12-25-23(26-13-10-20-6-3-16-30-20)27-19-7-8-21-22(17-19)29-15-4-14-28-21/h1-3,5-8,11,16-17H,4,9-10,12-15H2,(H2,25,26,27). The lowest BCUT2D eigenvalue weighted by atomic mass is 10.2. The van der Waals surface area contributed by atoms with E-state index in [0.29, 0.717) is 19.8 Å². The first kappa shape index (κ1) is 20.2. The molecule has 1 aromatic carbocycles. The van der Waals surface area contributed by atoms with E-state index in [-0.39, 0.29) is 0 Å². The third-order valence-electron chi connectivity index (χ3n) is 4.62. The number of pyridine rings is 1. The molecule has 3 heterocycles. The summed E-state index contributed by atoms with van der Waals surface area (Å²) in [6.45, 7) is 2.81. The molecule has 3 aromatic rings. The van der Waals surface area contributed by atoms with Gasteiger partial charge in [0.1, 0.15) is 0 Å². The van der Waals surface area contributed by atoms with Crippen LogP contribution in [0.5, 0.6) is 11.5 Å². The zero-order chi connectivity index (χ0) is 20.4. The molecule has 4 rings (SSSR count). The Kier molecular flexibility index (Phi) is 7.17. The second-order valence-corrected chi connectivity index (χ2v) is 7.93. The average molecular weight is 423 g/mol. The van der Waals surface area contributed by atoms with E-state index in [9.17, 15) is 0 Å². The Balaban J connectivity index is 1.41. The van der Waals surface area contributed by atoms with Crippen molar-refractivity contribution in [1.82, 2.24) is 10.3 Å². The summed E-state index contributed by atoms with van der Waals surface area (Å²) in [5.74, 6) is 2.30. The summed E-state index contributed by atoms with van der Waals surface area (Å²) < 4.78 is 11.5. The molecule has 0 fully saturated rings. The van der Waals surface area contributed by atoms with Gasteiger partial charge < -0.3 is 20.1 Å². The van der Waals surface area contributed by atoms with Crippen LogP contribution in [0, 0.1) is 0 Å². The van der Waals surface area contributed by atoms with Gasteiger partial charge in [-0.1, -0.05) is 12.1 Å². The van der Waals surface area contributed by atoms with Crippen LogP contribution in [0.1, 0.15) is 17.0 Å². The quantitative estimate of drug-likeness (QED) is 0.442. The van der Waals surface area contributed by atoms with E-state index in [1.807, 2.05) is 42.6 Å². The van der Waals surface area contributed by atoms with Crippen LogP contribution in [-0.2, 0) is 12.8 Å². The molecule has 6 nitrogen and oxygen atoms in total. The van der Waals surface area contributed by atoms with E-state index in [1.54, 1.807) is 11.3 Å². The molecule has 1 aliphatic heterocycles. The Morgan fingerprint density at radius 1 is 1.03 bits per heavy atom. The van der Waals surface area contributed by atoms with Crippen LogP contribution in [0.3, 0.4) is 0 Å². The van der Waals surface area contributed by atoms with Gasteiger partial charge in [-0.3, -0.25) is 9.98 Å². The highest BCUT2D eigenvalue weighted by molar-refractivity contribution is 7.09. The predicted molar refractivity (Wildman–Crippen MR) is 122 cm³/mol. The summed E-state index contributed by atoms with van der Waals surface area (Å²) >= 11 is 1.76. The molecule has 1 aliphatic rings. The Morgan fingerprint density at radius 2 is 1.97 bits per heavy atom. The van der Waals surface area contributed by atoms with Crippen LogP contribution >= 0.6 is 11.3 Å². The van der Waals surface area contributed by atoms with Gasteiger partial charge in [-0.15, -0.1) is 11.3 Å². The Bertz CT molecular complexity index is 945. The highest BCUT2D eigenvalue weighted by atomic mass is 32.1. The third-order valence-corrected chi connectivity index (χ3v) is 5.55. The zero-order valence-electron chi connectivity index (χ0n) is 16.8. The molecule has 0 saturated carbocycles. The molecule has 0 bridgehead atoms. The molecule has 0 radical (unpaired) electrons. The van der Waals surface area contributed by atoms with Crippen molar-refractivity contribution < 1.29 is 9.47 Å². The average Bonchev–Trinajstić information content (AvgIpc) is 3.18. The first-order valence-corrected chi connectivity index (χ1v) is 11.1. The van der Waals surface area contributed by atoms with Crippen molar-refractivity contribution in [1.29, 1.82) is 0 Å². The first-order valence-electron chi connectivity index (χ1n) is 10.2. The van der Waals surface area contributed by atoms with Gasteiger partial charge in [0, 0.05) is 60.9 Å². The van der Waals surface area contributed by atoms with E-state index < -0.39 is 0 Å². The third kappa shape index (κ3) is 5.97. The van der Waals surface area contributed by atoms with Gasteiger partial charge in [0.05, 0.1) is 13.2 Å². The number of hydrogen-bond acceptors (Lipinski definition) is 5. The zero-order valence-corrected chi connectivity index (χ0v) is 17.7. The van der Waals surface area contributed by atoms with Crippen molar-refractivity contribution in [3.8, 4) is 11.5 Å².